The van der Waals surface area contributed by atoms with Crippen LogP contribution in [0.4, 0.5) is 5.69 Å². The van der Waals surface area contributed by atoms with Gasteiger partial charge in [0.15, 0.2) is 0 Å². The van der Waals surface area contributed by atoms with Crippen molar-refractivity contribution in [3.63, 3.8) is 0 Å². The van der Waals surface area contributed by atoms with E-state index in [1.165, 1.54) is 16.2 Å². The molecule has 0 radical (unpaired) electrons. The van der Waals surface area contributed by atoms with Crippen molar-refractivity contribution in [1.29, 1.82) is 0 Å². The third-order valence-corrected chi connectivity index (χ3v) is 5.25. The molecular weight excluding hydrogens is 334 g/mol. The average molecular weight is 361 g/mol. The van der Waals surface area contributed by atoms with E-state index in [1.807, 2.05) is 18.4 Å². The summed E-state index contributed by atoms with van der Waals surface area (Å²) in [7, 11) is 0. The van der Waals surface area contributed by atoms with Crippen LogP contribution in [0.2, 0.25) is 0 Å². The van der Waals surface area contributed by atoms with Crippen LogP contribution in [-0.4, -0.2) is 38.0 Å². The maximum atomic E-state index is 12.2. The van der Waals surface area contributed by atoms with Crippen molar-refractivity contribution >= 4 is 28.8 Å². The largest absolute Gasteiger partial charge is 0.346 e. The Balaban J connectivity index is 1.87. The molecule has 2 rings (SSSR count). The Morgan fingerprint density at radius 2 is 1.72 bits per heavy atom. The fourth-order valence-corrected chi connectivity index (χ4v) is 3.38. The van der Waals surface area contributed by atoms with E-state index in [-0.39, 0.29) is 11.8 Å². The SMILES string of the molecule is CC[NH+](CC)CCNC(=O)c1ccc(NC(=O)c2sccc2C)cc1. The zero-order valence-electron chi connectivity index (χ0n) is 15.0. The van der Waals surface area contributed by atoms with Gasteiger partial charge >= 0.3 is 0 Å². The number of quaternary nitrogens is 1. The predicted molar refractivity (Wildman–Crippen MR) is 103 cm³/mol. The van der Waals surface area contributed by atoms with Gasteiger partial charge in [0.05, 0.1) is 31.1 Å². The van der Waals surface area contributed by atoms with Gasteiger partial charge in [0, 0.05) is 11.3 Å². The van der Waals surface area contributed by atoms with E-state index in [9.17, 15) is 9.59 Å². The molecule has 25 heavy (non-hydrogen) atoms. The van der Waals surface area contributed by atoms with Gasteiger partial charge in [-0.15, -0.1) is 11.3 Å². The smallest absolute Gasteiger partial charge is 0.265 e. The first kappa shape index (κ1) is 19.1. The minimum absolute atomic E-state index is 0.0847. The van der Waals surface area contributed by atoms with Crippen molar-refractivity contribution in [2.24, 2.45) is 0 Å². The number of rotatable bonds is 8. The van der Waals surface area contributed by atoms with Crippen molar-refractivity contribution in [3.8, 4) is 0 Å². The number of hydrogen-bond acceptors (Lipinski definition) is 3. The molecule has 1 aromatic carbocycles. The Morgan fingerprint density at radius 3 is 2.28 bits per heavy atom. The van der Waals surface area contributed by atoms with Crippen LogP contribution < -0.4 is 15.5 Å². The van der Waals surface area contributed by atoms with Crippen LogP contribution in [0.25, 0.3) is 0 Å². The summed E-state index contributed by atoms with van der Waals surface area (Å²) >= 11 is 1.42. The van der Waals surface area contributed by atoms with Gasteiger partial charge in [-0.25, -0.2) is 0 Å². The summed E-state index contributed by atoms with van der Waals surface area (Å²) < 4.78 is 0. The molecule has 0 unspecified atom stereocenters. The molecule has 0 saturated carbocycles. The number of nitrogens with one attached hydrogen (secondary N) is 3. The van der Waals surface area contributed by atoms with E-state index in [4.69, 9.17) is 0 Å². The minimum atomic E-state index is -0.119. The predicted octanol–water partition coefficient (Wildman–Crippen LogP) is 1.96. The molecule has 3 N–H and O–H groups in total. The van der Waals surface area contributed by atoms with Crippen molar-refractivity contribution in [1.82, 2.24) is 5.32 Å². The maximum Gasteiger partial charge on any atom is 0.265 e. The first-order chi connectivity index (χ1) is 12.0. The molecular formula is C19H26N3O2S+. The summed E-state index contributed by atoms with van der Waals surface area (Å²) in [6, 6.07) is 8.90. The van der Waals surface area contributed by atoms with Gasteiger partial charge in [0.1, 0.15) is 0 Å². The molecule has 0 atom stereocenters. The van der Waals surface area contributed by atoms with E-state index in [0.717, 1.165) is 25.2 Å². The third kappa shape index (κ3) is 5.41. The Bertz CT molecular complexity index is 706. The zero-order valence-corrected chi connectivity index (χ0v) is 15.8. The number of thiophene rings is 1. The molecule has 2 amide bonds. The zero-order chi connectivity index (χ0) is 18.2. The summed E-state index contributed by atoms with van der Waals surface area (Å²) in [5.41, 5.74) is 2.25. The number of carbonyl (C=O) groups is 2. The van der Waals surface area contributed by atoms with Gasteiger partial charge in [-0.05, 0) is 62.0 Å². The van der Waals surface area contributed by atoms with Crippen molar-refractivity contribution < 1.29 is 14.5 Å². The maximum absolute atomic E-state index is 12.2. The molecule has 0 saturated heterocycles. The molecule has 5 nitrogen and oxygen atoms in total. The number of anilines is 1. The highest BCUT2D eigenvalue weighted by Crippen LogP contribution is 2.18. The third-order valence-electron chi connectivity index (χ3n) is 4.24. The summed E-state index contributed by atoms with van der Waals surface area (Å²) in [5, 5.41) is 7.70. The number of carbonyl (C=O) groups excluding carboxylic acids is 2. The second-order valence-electron chi connectivity index (χ2n) is 5.93. The van der Waals surface area contributed by atoms with Crippen LogP contribution in [-0.2, 0) is 0 Å². The lowest BCUT2D eigenvalue weighted by molar-refractivity contribution is -0.895. The molecule has 0 aliphatic carbocycles. The standard InChI is InChI=1S/C19H25N3O2S/c1-4-22(5-2)12-11-20-18(23)15-6-8-16(9-7-15)21-19(24)17-14(3)10-13-25-17/h6-10,13H,4-5,11-12H2,1-3H3,(H,20,23)(H,21,24)/p+1. The lowest BCUT2D eigenvalue weighted by atomic mass is 10.2. The van der Waals surface area contributed by atoms with Crippen LogP contribution in [0.1, 0.15) is 39.4 Å². The van der Waals surface area contributed by atoms with Gasteiger partial charge in [0.2, 0.25) is 0 Å². The molecule has 2 aromatic rings. The summed E-state index contributed by atoms with van der Waals surface area (Å²) in [6.07, 6.45) is 0. The first-order valence-corrected chi connectivity index (χ1v) is 9.50. The number of benzene rings is 1. The van der Waals surface area contributed by atoms with Gasteiger partial charge in [-0.1, -0.05) is 0 Å². The Kier molecular flexibility index (Phi) is 7.16. The molecule has 1 aromatic heterocycles. The van der Waals surface area contributed by atoms with E-state index in [1.54, 1.807) is 24.3 Å². The van der Waals surface area contributed by atoms with Crippen LogP contribution in [0.5, 0.6) is 0 Å². The number of hydrogen-bond donors (Lipinski definition) is 3. The second-order valence-corrected chi connectivity index (χ2v) is 6.84. The Labute approximate surface area is 153 Å². The molecule has 6 heteroatoms. The van der Waals surface area contributed by atoms with Gasteiger partial charge in [-0.3, -0.25) is 9.59 Å². The Hall–Kier alpha value is -2.18. The Morgan fingerprint density at radius 1 is 1.04 bits per heavy atom. The fourth-order valence-electron chi connectivity index (χ4n) is 2.56. The fraction of sp³-hybridized carbons (Fsp3) is 0.368. The first-order valence-electron chi connectivity index (χ1n) is 8.62. The highest BCUT2D eigenvalue weighted by molar-refractivity contribution is 7.12. The molecule has 0 aliphatic rings. The summed E-state index contributed by atoms with van der Waals surface area (Å²) in [4.78, 5) is 26.5. The average Bonchev–Trinajstić information content (AvgIpc) is 3.05. The highest BCUT2D eigenvalue weighted by Gasteiger charge is 2.11. The number of likely N-dealkylation sites (N-methyl/N-ethyl adjacent to an activating group) is 1. The molecule has 0 bridgehead atoms. The van der Waals surface area contributed by atoms with Gasteiger partial charge in [0.25, 0.3) is 11.8 Å². The number of aryl methyl sites for hydroxylation is 1. The lowest BCUT2D eigenvalue weighted by Gasteiger charge is -2.15. The van der Waals surface area contributed by atoms with E-state index in [0.29, 0.717) is 22.7 Å². The van der Waals surface area contributed by atoms with E-state index >= 15 is 0 Å². The molecule has 0 fully saturated rings. The summed E-state index contributed by atoms with van der Waals surface area (Å²) in [5.74, 6) is -0.203. The normalized spacial score (nSPS) is 10.7. The molecule has 0 aliphatic heterocycles. The molecule has 1 heterocycles. The number of amides is 2. The van der Waals surface area contributed by atoms with Gasteiger partial charge in [-0.2, -0.15) is 0 Å². The second kappa shape index (κ2) is 9.34. The van der Waals surface area contributed by atoms with Crippen LogP contribution >= 0.6 is 11.3 Å². The van der Waals surface area contributed by atoms with E-state index < -0.39 is 0 Å². The highest BCUT2D eigenvalue weighted by atomic mass is 32.1. The summed E-state index contributed by atoms with van der Waals surface area (Å²) in [6.45, 7) is 9.91. The van der Waals surface area contributed by atoms with Crippen LogP contribution in [0.15, 0.2) is 35.7 Å². The van der Waals surface area contributed by atoms with Gasteiger partial charge < -0.3 is 15.5 Å². The van der Waals surface area contributed by atoms with Crippen LogP contribution in [0, 0.1) is 6.92 Å². The topological polar surface area (TPSA) is 62.6 Å². The molecule has 134 valence electrons. The van der Waals surface area contributed by atoms with E-state index in [2.05, 4.69) is 24.5 Å². The lowest BCUT2D eigenvalue weighted by Crippen LogP contribution is -3.12. The monoisotopic (exact) mass is 360 g/mol. The molecule has 0 spiro atoms. The minimum Gasteiger partial charge on any atom is -0.346 e. The van der Waals surface area contributed by atoms with Crippen molar-refractivity contribution in [3.05, 3.63) is 51.7 Å². The quantitative estimate of drug-likeness (QED) is 0.674. The van der Waals surface area contributed by atoms with Crippen molar-refractivity contribution in [2.75, 3.05) is 31.5 Å². The van der Waals surface area contributed by atoms with Crippen LogP contribution in [0.3, 0.4) is 0 Å². The van der Waals surface area contributed by atoms with Crippen molar-refractivity contribution in [2.45, 2.75) is 20.8 Å².